The zero-order valence-corrected chi connectivity index (χ0v) is 15.5. The number of piperidine rings is 1. The molecular weight excluding hydrogens is 340 g/mol. The summed E-state index contributed by atoms with van der Waals surface area (Å²) in [4.78, 5) is 6.94. The van der Waals surface area contributed by atoms with E-state index in [4.69, 9.17) is 9.15 Å². The molecular formula is C22H26N2O3. The van der Waals surface area contributed by atoms with Crippen LogP contribution in [0.1, 0.15) is 30.2 Å². The Hall–Kier alpha value is -2.21. The first-order chi connectivity index (χ1) is 13.3. The van der Waals surface area contributed by atoms with Crippen LogP contribution in [-0.2, 0) is 11.3 Å². The zero-order valence-electron chi connectivity index (χ0n) is 15.5. The Bertz CT molecular complexity index is 808. The van der Waals surface area contributed by atoms with Gasteiger partial charge in [-0.15, -0.1) is 0 Å². The van der Waals surface area contributed by atoms with Crippen LogP contribution in [0.2, 0.25) is 0 Å². The lowest BCUT2D eigenvalue weighted by Crippen LogP contribution is -2.39. The smallest absolute Gasteiger partial charge is 0.198 e. The summed E-state index contributed by atoms with van der Waals surface area (Å²) in [6, 6.07) is 18.0. The van der Waals surface area contributed by atoms with Crippen LogP contribution < -0.4 is 0 Å². The van der Waals surface area contributed by atoms with E-state index in [9.17, 15) is 5.11 Å². The molecule has 0 saturated carbocycles. The number of nitrogens with zero attached hydrogens (tertiary/aromatic N) is 2. The van der Waals surface area contributed by atoms with Gasteiger partial charge in [0.05, 0.1) is 19.3 Å². The van der Waals surface area contributed by atoms with Crippen molar-refractivity contribution >= 4 is 11.1 Å². The highest BCUT2D eigenvalue weighted by molar-refractivity contribution is 5.72. The van der Waals surface area contributed by atoms with Gasteiger partial charge in [0.15, 0.2) is 11.5 Å². The second-order valence-electron chi connectivity index (χ2n) is 7.25. The zero-order chi connectivity index (χ0) is 18.5. The number of hydrogen-bond acceptors (Lipinski definition) is 5. The average molecular weight is 366 g/mol. The van der Waals surface area contributed by atoms with Gasteiger partial charge in [0.2, 0.25) is 0 Å². The van der Waals surface area contributed by atoms with E-state index >= 15 is 0 Å². The third-order valence-corrected chi connectivity index (χ3v) is 5.14. The molecule has 1 N–H and O–H groups in total. The lowest BCUT2D eigenvalue weighted by atomic mass is 9.96. The maximum Gasteiger partial charge on any atom is 0.198 e. The summed E-state index contributed by atoms with van der Waals surface area (Å²) in [5.74, 6) is 1.21. The van der Waals surface area contributed by atoms with Gasteiger partial charge in [-0.3, -0.25) is 0 Å². The molecule has 1 saturated heterocycles. The van der Waals surface area contributed by atoms with Crippen LogP contribution in [0.5, 0.6) is 0 Å². The Morgan fingerprint density at radius 2 is 1.81 bits per heavy atom. The van der Waals surface area contributed by atoms with Gasteiger partial charge in [-0.05, 0) is 43.6 Å². The van der Waals surface area contributed by atoms with Crippen molar-refractivity contribution < 1.29 is 14.3 Å². The van der Waals surface area contributed by atoms with Crippen LogP contribution in [0.3, 0.4) is 0 Å². The summed E-state index contributed by atoms with van der Waals surface area (Å²) in [5.41, 5.74) is 2.92. The van der Waals surface area contributed by atoms with Crippen molar-refractivity contribution in [3.63, 3.8) is 0 Å². The molecule has 142 valence electrons. The van der Waals surface area contributed by atoms with Gasteiger partial charge >= 0.3 is 0 Å². The van der Waals surface area contributed by atoms with E-state index in [1.807, 2.05) is 54.6 Å². The number of oxazole rings is 1. The van der Waals surface area contributed by atoms with Gasteiger partial charge in [0.1, 0.15) is 5.52 Å². The van der Waals surface area contributed by atoms with Crippen molar-refractivity contribution in [1.29, 1.82) is 0 Å². The third-order valence-electron chi connectivity index (χ3n) is 5.14. The minimum Gasteiger partial charge on any atom is -0.440 e. The number of ether oxygens (including phenoxy) is 1. The molecule has 5 nitrogen and oxygen atoms in total. The molecule has 2 aromatic carbocycles. The summed E-state index contributed by atoms with van der Waals surface area (Å²) >= 11 is 0. The van der Waals surface area contributed by atoms with Gasteiger partial charge in [0, 0.05) is 12.5 Å². The van der Waals surface area contributed by atoms with Crippen LogP contribution in [-0.4, -0.2) is 47.3 Å². The summed E-state index contributed by atoms with van der Waals surface area (Å²) < 4.78 is 11.6. The lowest BCUT2D eigenvalue weighted by Gasteiger charge is -2.31. The highest BCUT2D eigenvalue weighted by Gasteiger charge is 2.25. The van der Waals surface area contributed by atoms with Gasteiger partial charge in [-0.2, -0.15) is 0 Å². The van der Waals surface area contributed by atoms with Gasteiger partial charge < -0.3 is 19.2 Å². The Morgan fingerprint density at radius 3 is 2.59 bits per heavy atom. The summed E-state index contributed by atoms with van der Waals surface area (Å²) in [6.07, 6.45) is 1.55. The molecule has 0 radical (unpaired) electrons. The summed E-state index contributed by atoms with van der Waals surface area (Å²) in [5, 5.41) is 10.3. The quantitative estimate of drug-likeness (QED) is 0.692. The van der Waals surface area contributed by atoms with E-state index < -0.39 is 6.10 Å². The number of hydrogen-bond donors (Lipinski definition) is 1. The van der Waals surface area contributed by atoms with Crippen molar-refractivity contribution in [3.8, 4) is 0 Å². The Balaban J connectivity index is 1.21. The van der Waals surface area contributed by atoms with Crippen molar-refractivity contribution in [2.45, 2.75) is 31.5 Å². The van der Waals surface area contributed by atoms with Crippen molar-refractivity contribution in [2.75, 3.05) is 26.2 Å². The SMILES string of the molecule is OC(COCc1ccccc1)CN1CCC(c2nc3ccccc3o2)CC1. The minimum atomic E-state index is -0.463. The molecule has 0 spiro atoms. The Morgan fingerprint density at radius 1 is 1.07 bits per heavy atom. The van der Waals surface area contributed by atoms with Gasteiger partial charge in [0.25, 0.3) is 0 Å². The molecule has 27 heavy (non-hydrogen) atoms. The number of aromatic nitrogens is 1. The van der Waals surface area contributed by atoms with E-state index in [1.165, 1.54) is 0 Å². The number of likely N-dealkylation sites (tertiary alicyclic amines) is 1. The number of aliphatic hydroxyl groups is 1. The van der Waals surface area contributed by atoms with Gasteiger partial charge in [-0.25, -0.2) is 4.98 Å². The molecule has 1 aliphatic rings. The van der Waals surface area contributed by atoms with Crippen LogP contribution in [0, 0.1) is 0 Å². The number of aliphatic hydroxyl groups excluding tert-OH is 1. The largest absolute Gasteiger partial charge is 0.440 e. The summed E-state index contributed by atoms with van der Waals surface area (Å²) in [7, 11) is 0. The maximum absolute atomic E-state index is 10.3. The third kappa shape index (κ3) is 4.75. The molecule has 1 unspecified atom stereocenters. The van der Waals surface area contributed by atoms with E-state index in [0.717, 1.165) is 48.5 Å². The first-order valence-corrected chi connectivity index (χ1v) is 9.65. The Labute approximate surface area is 159 Å². The molecule has 5 heteroatoms. The molecule has 1 atom stereocenters. The number of benzene rings is 2. The van der Waals surface area contributed by atoms with Crippen LogP contribution in [0.4, 0.5) is 0 Å². The molecule has 2 heterocycles. The molecule has 3 aromatic rings. The number of para-hydroxylation sites is 2. The first-order valence-electron chi connectivity index (χ1n) is 9.65. The number of rotatable bonds is 7. The number of β-amino-alcohol motifs (C(OH)–C–C–N with tert-alkyl or cyclic N) is 1. The normalized spacial score (nSPS) is 17.4. The standard InChI is InChI=1S/C22H26N2O3/c25-19(16-26-15-17-6-2-1-3-7-17)14-24-12-10-18(11-13-24)22-23-20-8-4-5-9-21(20)27-22/h1-9,18-19,25H,10-16H2. The molecule has 0 bridgehead atoms. The second-order valence-corrected chi connectivity index (χ2v) is 7.25. The van der Waals surface area contributed by atoms with E-state index in [0.29, 0.717) is 25.7 Å². The Kier molecular flexibility index (Phi) is 5.82. The highest BCUT2D eigenvalue weighted by atomic mass is 16.5. The van der Waals surface area contributed by atoms with Crippen LogP contribution >= 0.6 is 0 Å². The summed E-state index contributed by atoms with van der Waals surface area (Å²) in [6.45, 7) is 3.44. The van der Waals surface area contributed by atoms with E-state index in [2.05, 4.69) is 9.88 Å². The predicted molar refractivity (Wildman–Crippen MR) is 105 cm³/mol. The molecule has 1 aromatic heterocycles. The van der Waals surface area contributed by atoms with E-state index in [1.54, 1.807) is 0 Å². The predicted octanol–water partition coefficient (Wildman–Crippen LogP) is 3.58. The topological polar surface area (TPSA) is 58.7 Å². The fraction of sp³-hybridized carbons (Fsp3) is 0.409. The monoisotopic (exact) mass is 366 g/mol. The van der Waals surface area contributed by atoms with E-state index in [-0.39, 0.29) is 0 Å². The fourth-order valence-electron chi connectivity index (χ4n) is 3.66. The number of fused-ring (bicyclic) bond motifs is 1. The van der Waals surface area contributed by atoms with Gasteiger partial charge in [-0.1, -0.05) is 42.5 Å². The van der Waals surface area contributed by atoms with Crippen molar-refractivity contribution in [1.82, 2.24) is 9.88 Å². The molecule has 1 aliphatic heterocycles. The maximum atomic E-state index is 10.3. The minimum absolute atomic E-state index is 0.361. The fourth-order valence-corrected chi connectivity index (χ4v) is 3.66. The second kappa shape index (κ2) is 8.65. The molecule has 0 amide bonds. The molecule has 0 aliphatic carbocycles. The average Bonchev–Trinajstić information content (AvgIpc) is 3.13. The molecule has 4 rings (SSSR count). The molecule has 1 fully saturated rings. The van der Waals surface area contributed by atoms with Crippen LogP contribution in [0.25, 0.3) is 11.1 Å². The lowest BCUT2D eigenvalue weighted by molar-refractivity contribution is 0.00583. The van der Waals surface area contributed by atoms with Crippen molar-refractivity contribution in [2.24, 2.45) is 0 Å². The highest BCUT2D eigenvalue weighted by Crippen LogP contribution is 2.29. The van der Waals surface area contributed by atoms with Crippen molar-refractivity contribution in [3.05, 3.63) is 66.1 Å². The van der Waals surface area contributed by atoms with Crippen LogP contribution in [0.15, 0.2) is 59.0 Å². The first kappa shape index (κ1) is 18.2.